The average Bonchev–Trinajstić information content (AvgIpc) is 2.99. The highest BCUT2D eigenvalue weighted by Crippen LogP contribution is 2.53. The van der Waals surface area contributed by atoms with Crippen LogP contribution in [-0.2, 0) is 9.59 Å². The molecule has 1 aliphatic heterocycles. The second-order valence-corrected chi connectivity index (χ2v) is 8.06. The number of nitrogens with zero attached hydrogens (tertiary/aromatic N) is 1. The minimum atomic E-state index is -0.204. The van der Waals surface area contributed by atoms with Gasteiger partial charge >= 0.3 is 0 Å². The van der Waals surface area contributed by atoms with E-state index in [9.17, 15) is 9.59 Å². The smallest absolute Gasteiger partial charge is 0.243 e. The van der Waals surface area contributed by atoms with E-state index in [1.807, 2.05) is 11.8 Å². The maximum atomic E-state index is 12.8. The van der Waals surface area contributed by atoms with Crippen molar-refractivity contribution in [1.82, 2.24) is 10.2 Å². The van der Waals surface area contributed by atoms with Gasteiger partial charge in [-0.2, -0.15) is 0 Å². The molecule has 4 bridgehead atoms. The van der Waals surface area contributed by atoms with Crippen molar-refractivity contribution in [2.75, 3.05) is 6.54 Å². The Hall–Kier alpha value is -1.06. The number of hydrogen-bond donors (Lipinski definition) is 1. The highest BCUT2D eigenvalue weighted by molar-refractivity contribution is 5.88. The van der Waals surface area contributed by atoms with Crippen LogP contribution < -0.4 is 5.32 Å². The molecule has 0 aromatic carbocycles. The minimum Gasteiger partial charge on any atom is -0.351 e. The van der Waals surface area contributed by atoms with Crippen LogP contribution in [0.15, 0.2) is 0 Å². The van der Waals surface area contributed by atoms with Gasteiger partial charge in [-0.25, -0.2) is 0 Å². The topological polar surface area (TPSA) is 49.4 Å². The zero-order chi connectivity index (χ0) is 15.3. The zero-order valence-electron chi connectivity index (χ0n) is 13.6. The third-order valence-electron chi connectivity index (χ3n) is 6.71. The number of likely N-dealkylation sites (tertiary alicyclic amines) is 1. The zero-order valence-corrected chi connectivity index (χ0v) is 13.6. The fourth-order valence-electron chi connectivity index (χ4n) is 5.96. The molecule has 4 saturated carbocycles. The van der Waals surface area contributed by atoms with E-state index in [2.05, 4.69) is 5.32 Å². The maximum absolute atomic E-state index is 12.8. The summed E-state index contributed by atoms with van der Waals surface area (Å²) < 4.78 is 0. The Morgan fingerprint density at radius 1 is 1.05 bits per heavy atom. The molecule has 2 amide bonds. The fourth-order valence-corrected chi connectivity index (χ4v) is 5.96. The van der Waals surface area contributed by atoms with Crippen LogP contribution in [-0.4, -0.2) is 35.3 Å². The first kappa shape index (κ1) is 14.5. The van der Waals surface area contributed by atoms with Crippen LogP contribution in [0.2, 0.25) is 0 Å². The lowest BCUT2D eigenvalue weighted by Gasteiger charge is -2.54. The van der Waals surface area contributed by atoms with Gasteiger partial charge in [-0.15, -0.1) is 0 Å². The van der Waals surface area contributed by atoms with Crippen molar-refractivity contribution >= 4 is 11.8 Å². The molecule has 0 unspecified atom stereocenters. The van der Waals surface area contributed by atoms with Crippen molar-refractivity contribution in [3.63, 3.8) is 0 Å². The SMILES string of the molecule is CCC(=O)N1CCC[C@@H]1C(=O)NC1C2CC3CC(C2)CC1C3. The second kappa shape index (κ2) is 5.54. The Bertz CT molecular complexity index is 448. The van der Waals surface area contributed by atoms with Gasteiger partial charge in [0.15, 0.2) is 0 Å². The normalized spacial score (nSPS) is 42.7. The van der Waals surface area contributed by atoms with Crippen LogP contribution in [0.4, 0.5) is 0 Å². The molecule has 0 aromatic rings. The van der Waals surface area contributed by atoms with E-state index < -0.39 is 0 Å². The molecule has 5 rings (SSSR count). The summed E-state index contributed by atoms with van der Waals surface area (Å²) in [5.41, 5.74) is 0. The van der Waals surface area contributed by atoms with Crippen LogP contribution in [0, 0.1) is 23.7 Å². The summed E-state index contributed by atoms with van der Waals surface area (Å²) in [7, 11) is 0. The van der Waals surface area contributed by atoms with Gasteiger partial charge in [0, 0.05) is 19.0 Å². The summed E-state index contributed by atoms with van der Waals surface area (Å²) in [5, 5.41) is 3.38. The Morgan fingerprint density at radius 2 is 1.68 bits per heavy atom. The predicted octanol–water partition coefficient (Wildman–Crippen LogP) is 2.33. The second-order valence-electron chi connectivity index (χ2n) is 8.06. The highest BCUT2D eigenvalue weighted by Gasteiger charge is 2.49. The lowest BCUT2D eigenvalue weighted by molar-refractivity contribution is -0.139. The van der Waals surface area contributed by atoms with Crippen LogP contribution in [0.3, 0.4) is 0 Å². The predicted molar refractivity (Wildman–Crippen MR) is 84.0 cm³/mol. The summed E-state index contributed by atoms with van der Waals surface area (Å²) in [6, 6.07) is 0.184. The van der Waals surface area contributed by atoms with Crippen molar-refractivity contribution in [1.29, 1.82) is 0 Å². The Labute approximate surface area is 133 Å². The Morgan fingerprint density at radius 3 is 2.27 bits per heavy atom. The summed E-state index contributed by atoms with van der Waals surface area (Å²) in [6.07, 6.45) is 9.02. The third kappa shape index (κ3) is 2.35. The fraction of sp³-hybridized carbons (Fsp3) is 0.889. The van der Waals surface area contributed by atoms with Crippen LogP contribution in [0.1, 0.15) is 58.3 Å². The number of nitrogens with one attached hydrogen (secondary N) is 1. The molecule has 122 valence electrons. The quantitative estimate of drug-likeness (QED) is 0.870. The molecule has 0 radical (unpaired) electrons. The van der Waals surface area contributed by atoms with E-state index in [-0.39, 0.29) is 17.9 Å². The average molecular weight is 304 g/mol. The summed E-state index contributed by atoms with van der Waals surface area (Å²) in [6.45, 7) is 2.64. The first-order chi connectivity index (χ1) is 10.7. The van der Waals surface area contributed by atoms with Gasteiger partial charge in [0.1, 0.15) is 6.04 Å². The largest absolute Gasteiger partial charge is 0.351 e. The first-order valence-electron chi connectivity index (χ1n) is 9.25. The molecule has 1 saturated heterocycles. The summed E-state index contributed by atoms with van der Waals surface area (Å²) in [4.78, 5) is 26.6. The molecular weight excluding hydrogens is 276 g/mol. The van der Waals surface area contributed by atoms with Gasteiger partial charge in [0.25, 0.3) is 0 Å². The van der Waals surface area contributed by atoms with Gasteiger partial charge in [-0.3, -0.25) is 9.59 Å². The lowest BCUT2D eigenvalue weighted by atomic mass is 9.54. The van der Waals surface area contributed by atoms with Gasteiger partial charge in [-0.1, -0.05) is 6.92 Å². The van der Waals surface area contributed by atoms with Gasteiger partial charge in [-0.05, 0) is 68.6 Å². The number of carbonyl (C=O) groups is 2. The van der Waals surface area contributed by atoms with E-state index in [4.69, 9.17) is 0 Å². The van der Waals surface area contributed by atoms with Gasteiger partial charge in [0.2, 0.25) is 11.8 Å². The Balaban J connectivity index is 1.43. The van der Waals surface area contributed by atoms with Crippen molar-refractivity contribution in [2.24, 2.45) is 23.7 Å². The maximum Gasteiger partial charge on any atom is 0.243 e. The summed E-state index contributed by atoms with van der Waals surface area (Å²) in [5.74, 6) is 3.52. The van der Waals surface area contributed by atoms with E-state index in [0.29, 0.717) is 24.3 Å². The number of carbonyl (C=O) groups excluding carboxylic acids is 2. The molecule has 1 heterocycles. The van der Waals surface area contributed by atoms with E-state index in [1.165, 1.54) is 32.1 Å². The monoisotopic (exact) mass is 304 g/mol. The van der Waals surface area contributed by atoms with Crippen LogP contribution >= 0.6 is 0 Å². The molecule has 4 heteroatoms. The molecule has 5 aliphatic rings. The molecule has 0 aromatic heterocycles. The first-order valence-corrected chi connectivity index (χ1v) is 9.25. The van der Waals surface area contributed by atoms with Gasteiger partial charge in [0.05, 0.1) is 0 Å². The van der Waals surface area contributed by atoms with Crippen LogP contribution in [0.5, 0.6) is 0 Å². The molecular formula is C18H28N2O2. The molecule has 22 heavy (non-hydrogen) atoms. The van der Waals surface area contributed by atoms with Crippen molar-refractivity contribution in [3.8, 4) is 0 Å². The van der Waals surface area contributed by atoms with E-state index in [1.54, 1.807) is 0 Å². The highest BCUT2D eigenvalue weighted by atomic mass is 16.2. The van der Waals surface area contributed by atoms with Crippen molar-refractivity contribution < 1.29 is 9.59 Å². The minimum absolute atomic E-state index is 0.122. The lowest BCUT2D eigenvalue weighted by Crippen LogP contribution is -2.58. The third-order valence-corrected chi connectivity index (χ3v) is 6.71. The molecule has 4 aliphatic carbocycles. The van der Waals surface area contributed by atoms with Gasteiger partial charge < -0.3 is 10.2 Å². The Kier molecular flexibility index (Phi) is 3.66. The number of amides is 2. The van der Waals surface area contributed by atoms with Crippen molar-refractivity contribution in [3.05, 3.63) is 0 Å². The molecule has 1 atom stereocenters. The number of rotatable bonds is 3. The molecule has 5 fully saturated rings. The van der Waals surface area contributed by atoms with Crippen LogP contribution in [0.25, 0.3) is 0 Å². The number of hydrogen-bond acceptors (Lipinski definition) is 2. The van der Waals surface area contributed by atoms with E-state index in [0.717, 1.165) is 31.2 Å². The van der Waals surface area contributed by atoms with Crippen molar-refractivity contribution in [2.45, 2.75) is 70.4 Å². The molecule has 0 spiro atoms. The summed E-state index contributed by atoms with van der Waals surface area (Å²) >= 11 is 0. The van der Waals surface area contributed by atoms with E-state index >= 15 is 0 Å². The molecule has 4 nitrogen and oxygen atoms in total. The molecule has 1 N–H and O–H groups in total. The standard InChI is InChI=1S/C18H28N2O2/c1-2-16(21)20-5-3-4-15(20)18(22)19-17-13-7-11-6-12(9-13)10-14(17)8-11/h11-15,17H,2-10H2,1H3,(H,19,22)/t11?,12?,13?,14?,15-,17?/m1/s1.